The van der Waals surface area contributed by atoms with Gasteiger partial charge >= 0.3 is 0 Å². The maximum Gasteiger partial charge on any atom is 0.120 e. The quantitative estimate of drug-likeness (QED) is 0.896. The molecule has 0 radical (unpaired) electrons. The Labute approximate surface area is 119 Å². The molecule has 0 spiro atoms. The van der Waals surface area contributed by atoms with Crippen LogP contribution < -0.4 is 10.6 Å². The van der Waals surface area contributed by atoms with Gasteiger partial charge in [-0.3, -0.25) is 0 Å². The first-order valence-corrected chi connectivity index (χ1v) is 7.10. The Morgan fingerprint density at radius 2 is 1.85 bits per heavy atom. The summed E-state index contributed by atoms with van der Waals surface area (Å²) in [6.07, 6.45) is 1.01. The Bertz CT molecular complexity index is 597. The molecule has 2 aromatic carbocycles. The highest BCUT2D eigenvalue weighted by Crippen LogP contribution is 2.39. The van der Waals surface area contributed by atoms with E-state index >= 15 is 0 Å². The first kappa shape index (κ1) is 13.0. The van der Waals surface area contributed by atoms with Crippen LogP contribution in [-0.4, -0.2) is 18.2 Å². The molecule has 3 heteroatoms. The molecule has 1 aliphatic heterocycles. The number of nitrogens with two attached hydrogens (primary N) is 1. The Kier molecular flexibility index (Phi) is 3.61. The molecule has 0 fully saturated rings. The molecule has 3 nitrogen and oxygen atoms in total. The third-order valence-electron chi connectivity index (χ3n) is 4.03. The molecule has 1 unspecified atom stereocenters. The van der Waals surface area contributed by atoms with Crippen molar-refractivity contribution in [1.82, 2.24) is 0 Å². The maximum absolute atomic E-state index is 9.94. The van der Waals surface area contributed by atoms with E-state index in [1.807, 2.05) is 18.2 Å². The number of fused-ring (bicyclic) bond motifs is 1. The van der Waals surface area contributed by atoms with Crippen molar-refractivity contribution in [1.29, 1.82) is 0 Å². The number of hydrogen-bond acceptors (Lipinski definition) is 3. The number of hydrogen-bond donors (Lipinski definition) is 2. The normalized spacial score (nSPS) is 17.2. The Balaban J connectivity index is 1.87. The van der Waals surface area contributed by atoms with Crippen molar-refractivity contribution in [2.75, 3.05) is 18.0 Å². The van der Waals surface area contributed by atoms with Crippen LogP contribution in [0.25, 0.3) is 0 Å². The van der Waals surface area contributed by atoms with Gasteiger partial charge in [-0.1, -0.05) is 36.4 Å². The van der Waals surface area contributed by atoms with Crippen LogP contribution in [0.1, 0.15) is 23.5 Å². The molecule has 1 heterocycles. The Morgan fingerprint density at radius 3 is 2.65 bits per heavy atom. The van der Waals surface area contributed by atoms with E-state index in [1.54, 1.807) is 6.07 Å². The average molecular weight is 268 g/mol. The zero-order chi connectivity index (χ0) is 13.9. The number of phenolic OH excluding ortho intramolecular Hbond substituents is 1. The van der Waals surface area contributed by atoms with E-state index in [9.17, 15) is 5.11 Å². The van der Waals surface area contributed by atoms with Gasteiger partial charge in [-0.15, -0.1) is 0 Å². The van der Waals surface area contributed by atoms with Gasteiger partial charge in [-0.25, -0.2) is 0 Å². The lowest BCUT2D eigenvalue weighted by molar-refractivity contribution is 0.467. The van der Waals surface area contributed by atoms with E-state index in [0.717, 1.165) is 25.1 Å². The van der Waals surface area contributed by atoms with Crippen LogP contribution in [-0.2, 0) is 6.54 Å². The van der Waals surface area contributed by atoms with E-state index in [0.29, 0.717) is 18.2 Å². The summed E-state index contributed by atoms with van der Waals surface area (Å²) in [6, 6.07) is 16.1. The third-order valence-corrected chi connectivity index (χ3v) is 4.03. The second-order valence-corrected chi connectivity index (χ2v) is 5.34. The molecule has 0 saturated carbocycles. The van der Waals surface area contributed by atoms with Gasteiger partial charge in [-0.05, 0) is 30.7 Å². The van der Waals surface area contributed by atoms with Gasteiger partial charge in [0.1, 0.15) is 5.75 Å². The lowest BCUT2D eigenvalue weighted by Gasteiger charge is -2.20. The lowest BCUT2D eigenvalue weighted by atomic mass is 9.98. The van der Waals surface area contributed by atoms with Crippen molar-refractivity contribution in [3.63, 3.8) is 0 Å². The zero-order valence-corrected chi connectivity index (χ0v) is 11.5. The van der Waals surface area contributed by atoms with E-state index in [-0.39, 0.29) is 0 Å². The van der Waals surface area contributed by atoms with Crippen molar-refractivity contribution in [2.24, 2.45) is 5.73 Å². The van der Waals surface area contributed by atoms with Gasteiger partial charge < -0.3 is 15.7 Å². The van der Waals surface area contributed by atoms with Gasteiger partial charge in [0.15, 0.2) is 0 Å². The minimum Gasteiger partial charge on any atom is -0.508 e. The number of para-hydroxylation sites is 2. The summed E-state index contributed by atoms with van der Waals surface area (Å²) in [7, 11) is 0. The summed E-state index contributed by atoms with van der Waals surface area (Å²) in [4.78, 5) is 2.34. The SMILES string of the molecule is NCCC1CN(Cc2ccccc2O)c2ccccc21. The maximum atomic E-state index is 9.94. The molecular formula is C17H20N2O. The van der Waals surface area contributed by atoms with Gasteiger partial charge in [0.25, 0.3) is 0 Å². The van der Waals surface area contributed by atoms with Crippen LogP contribution in [0.5, 0.6) is 5.75 Å². The van der Waals surface area contributed by atoms with Crippen LogP contribution in [0, 0.1) is 0 Å². The first-order valence-electron chi connectivity index (χ1n) is 7.10. The average Bonchev–Trinajstić information content (AvgIpc) is 2.81. The van der Waals surface area contributed by atoms with Crippen molar-refractivity contribution in [2.45, 2.75) is 18.9 Å². The van der Waals surface area contributed by atoms with Crippen molar-refractivity contribution < 1.29 is 5.11 Å². The number of phenols is 1. The second-order valence-electron chi connectivity index (χ2n) is 5.34. The third kappa shape index (κ3) is 2.37. The summed E-state index contributed by atoms with van der Waals surface area (Å²) < 4.78 is 0. The predicted octanol–water partition coefficient (Wildman–Crippen LogP) is 2.84. The van der Waals surface area contributed by atoms with Crippen LogP contribution >= 0.6 is 0 Å². The highest BCUT2D eigenvalue weighted by molar-refractivity contribution is 5.60. The molecule has 1 atom stereocenters. The molecule has 2 aromatic rings. The number of anilines is 1. The molecular weight excluding hydrogens is 248 g/mol. The Morgan fingerprint density at radius 1 is 1.10 bits per heavy atom. The largest absolute Gasteiger partial charge is 0.508 e. The summed E-state index contributed by atoms with van der Waals surface area (Å²) in [5, 5.41) is 9.94. The number of rotatable bonds is 4. The molecule has 0 bridgehead atoms. The van der Waals surface area contributed by atoms with E-state index in [2.05, 4.69) is 29.2 Å². The second kappa shape index (κ2) is 5.55. The van der Waals surface area contributed by atoms with Gasteiger partial charge in [-0.2, -0.15) is 0 Å². The van der Waals surface area contributed by atoms with Crippen LogP contribution in [0.3, 0.4) is 0 Å². The monoisotopic (exact) mass is 268 g/mol. The number of nitrogens with zero attached hydrogens (tertiary/aromatic N) is 1. The van der Waals surface area contributed by atoms with Crippen LogP contribution in [0.2, 0.25) is 0 Å². The van der Waals surface area contributed by atoms with E-state index < -0.39 is 0 Å². The van der Waals surface area contributed by atoms with Crippen LogP contribution in [0.4, 0.5) is 5.69 Å². The molecule has 0 saturated heterocycles. The van der Waals surface area contributed by atoms with Crippen molar-refractivity contribution >= 4 is 5.69 Å². The molecule has 0 aliphatic carbocycles. The highest BCUT2D eigenvalue weighted by atomic mass is 16.3. The summed E-state index contributed by atoms with van der Waals surface area (Å²) in [5.41, 5.74) is 9.35. The number of benzene rings is 2. The smallest absolute Gasteiger partial charge is 0.120 e. The van der Waals surface area contributed by atoms with Crippen LogP contribution in [0.15, 0.2) is 48.5 Å². The molecule has 0 amide bonds. The van der Waals surface area contributed by atoms with Crippen molar-refractivity contribution in [3.05, 3.63) is 59.7 Å². The fourth-order valence-electron chi connectivity index (χ4n) is 3.03. The Hall–Kier alpha value is -2.00. The topological polar surface area (TPSA) is 49.5 Å². The van der Waals surface area contributed by atoms with Gasteiger partial charge in [0.05, 0.1) is 0 Å². The van der Waals surface area contributed by atoms with Gasteiger partial charge in [0, 0.05) is 30.3 Å². The molecule has 3 N–H and O–H groups in total. The fourth-order valence-corrected chi connectivity index (χ4v) is 3.03. The molecule has 20 heavy (non-hydrogen) atoms. The zero-order valence-electron chi connectivity index (χ0n) is 11.5. The summed E-state index contributed by atoms with van der Waals surface area (Å²) in [5.74, 6) is 0.870. The summed E-state index contributed by atoms with van der Waals surface area (Å²) >= 11 is 0. The molecule has 0 aromatic heterocycles. The molecule has 3 rings (SSSR count). The fraction of sp³-hybridized carbons (Fsp3) is 0.294. The van der Waals surface area contributed by atoms with E-state index in [4.69, 9.17) is 5.73 Å². The first-order chi connectivity index (χ1) is 9.79. The minimum atomic E-state index is 0.368. The molecule has 1 aliphatic rings. The summed E-state index contributed by atoms with van der Waals surface area (Å²) in [6.45, 7) is 2.43. The molecule has 104 valence electrons. The lowest BCUT2D eigenvalue weighted by Crippen LogP contribution is -2.22. The van der Waals surface area contributed by atoms with E-state index in [1.165, 1.54) is 11.3 Å². The predicted molar refractivity (Wildman–Crippen MR) is 82.0 cm³/mol. The van der Waals surface area contributed by atoms with Gasteiger partial charge in [0.2, 0.25) is 0 Å². The highest BCUT2D eigenvalue weighted by Gasteiger charge is 2.27. The standard InChI is InChI=1S/C17H20N2O/c18-10-9-13-11-19(16-7-3-2-6-15(13)16)12-14-5-1-4-8-17(14)20/h1-8,13,20H,9-12,18H2. The number of aromatic hydroxyl groups is 1. The minimum absolute atomic E-state index is 0.368. The van der Waals surface area contributed by atoms with Crippen molar-refractivity contribution in [3.8, 4) is 5.75 Å².